The highest BCUT2D eigenvalue weighted by atomic mass is 15.3. The van der Waals surface area contributed by atoms with Crippen molar-refractivity contribution < 1.29 is 0 Å². The summed E-state index contributed by atoms with van der Waals surface area (Å²) in [6.07, 6.45) is 10.6. The number of nitrogen functional groups attached to an aromatic ring is 1. The molecule has 0 saturated heterocycles. The maximum Gasteiger partial charge on any atom is 0.124 e. The average Bonchev–Trinajstić information content (AvgIpc) is 2.65. The molecule has 3 heteroatoms. The van der Waals surface area contributed by atoms with Gasteiger partial charge in [0.2, 0.25) is 0 Å². The molecule has 1 aromatic heterocycles. The number of rotatable bonds is 5. The maximum absolute atomic E-state index is 6.16. The van der Waals surface area contributed by atoms with E-state index in [0.29, 0.717) is 5.92 Å². The standard InChI is InChI=1S/C16H29N3/c1-12(2)11-14-15(18-19(3)16(14)17)10-9-13-7-5-4-6-8-13/h12-13H,4-11,17H2,1-3H3. The first-order valence-corrected chi connectivity index (χ1v) is 7.88. The first-order valence-electron chi connectivity index (χ1n) is 7.88. The van der Waals surface area contributed by atoms with E-state index in [1.54, 1.807) is 0 Å². The summed E-state index contributed by atoms with van der Waals surface area (Å²) < 4.78 is 1.86. The van der Waals surface area contributed by atoms with Crippen LogP contribution in [0.1, 0.15) is 63.6 Å². The van der Waals surface area contributed by atoms with Crippen molar-refractivity contribution in [2.24, 2.45) is 18.9 Å². The van der Waals surface area contributed by atoms with Gasteiger partial charge in [0.1, 0.15) is 5.82 Å². The van der Waals surface area contributed by atoms with Crippen LogP contribution < -0.4 is 5.73 Å². The first kappa shape index (κ1) is 14.4. The molecule has 1 aliphatic carbocycles. The highest BCUT2D eigenvalue weighted by molar-refractivity contribution is 5.43. The second-order valence-corrected chi connectivity index (χ2v) is 6.57. The van der Waals surface area contributed by atoms with E-state index < -0.39 is 0 Å². The third-order valence-corrected chi connectivity index (χ3v) is 4.40. The molecular weight excluding hydrogens is 234 g/mol. The molecule has 0 bridgehead atoms. The quantitative estimate of drug-likeness (QED) is 0.880. The predicted molar refractivity (Wildman–Crippen MR) is 81.1 cm³/mol. The van der Waals surface area contributed by atoms with Crippen LogP contribution in [0.5, 0.6) is 0 Å². The van der Waals surface area contributed by atoms with Crippen molar-refractivity contribution in [1.29, 1.82) is 0 Å². The monoisotopic (exact) mass is 263 g/mol. The van der Waals surface area contributed by atoms with Gasteiger partial charge in [-0.05, 0) is 31.1 Å². The molecule has 0 radical (unpaired) electrons. The van der Waals surface area contributed by atoms with E-state index in [0.717, 1.165) is 24.6 Å². The summed E-state index contributed by atoms with van der Waals surface area (Å²) in [4.78, 5) is 0. The number of hydrogen-bond acceptors (Lipinski definition) is 2. The molecule has 3 nitrogen and oxygen atoms in total. The van der Waals surface area contributed by atoms with E-state index in [1.807, 2.05) is 11.7 Å². The summed E-state index contributed by atoms with van der Waals surface area (Å²) >= 11 is 0. The summed E-state index contributed by atoms with van der Waals surface area (Å²) in [5.41, 5.74) is 8.71. The Bertz CT molecular complexity index is 400. The third-order valence-electron chi connectivity index (χ3n) is 4.40. The second-order valence-electron chi connectivity index (χ2n) is 6.57. The van der Waals surface area contributed by atoms with Gasteiger partial charge in [0, 0.05) is 12.6 Å². The molecule has 1 aliphatic rings. The van der Waals surface area contributed by atoms with Crippen LogP contribution in [0.4, 0.5) is 5.82 Å². The Labute approximate surface area is 117 Å². The van der Waals surface area contributed by atoms with Crippen molar-refractivity contribution in [3.8, 4) is 0 Å². The van der Waals surface area contributed by atoms with E-state index in [2.05, 4.69) is 18.9 Å². The zero-order valence-corrected chi connectivity index (χ0v) is 12.8. The van der Waals surface area contributed by atoms with Crippen molar-refractivity contribution >= 4 is 5.82 Å². The van der Waals surface area contributed by atoms with Crippen LogP contribution in [0.15, 0.2) is 0 Å². The van der Waals surface area contributed by atoms with Gasteiger partial charge in [-0.1, -0.05) is 46.0 Å². The number of aryl methyl sites for hydroxylation is 2. The molecule has 0 atom stereocenters. The minimum Gasteiger partial charge on any atom is -0.384 e. The molecule has 0 unspecified atom stereocenters. The number of anilines is 1. The highest BCUT2D eigenvalue weighted by Gasteiger charge is 2.18. The molecule has 0 aromatic carbocycles. The zero-order valence-electron chi connectivity index (χ0n) is 12.8. The van der Waals surface area contributed by atoms with E-state index in [1.165, 1.54) is 49.8 Å². The van der Waals surface area contributed by atoms with Gasteiger partial charge in [0.05, 0.1) is 5.69 Å². The fourth-order valence-electron chi connectivity index (χ4n) is 3.29. The van der Waals surface area contributed by atoms with Crippen molar-refractivity contribution in [3.05, 3.63) is 11.3 Å². The van der Waals surface area contributed by atoms with Crippen molar-refractivity contribution in [2.45, 2.75) is 65.2 Å². The van der Waals surface area contributed by atoms with E-state index in [4.69, 9.17) is 5.73 Å². The summed E-state index contributed by atoms with van der Waals surface area (Å²) in [7, 11) is 1.96. The minimum atomic E-state index is 0.639. The molecule has 19 heavy (non-hydrogen) atoms. The Hall–Kier alpha value is -0.990. The molecular formula is C16H29N3. The van der Waals surface area contributed by atoms with E-state index in [9.17, 15) is 0 Å². The van der Waals surface area contributed by atoms with Gasteiger partial charge in [-0.2, -0.15) is 5.10 Å². The zero-order chi connectivity index (χ0) is 13.8. The Kier molecular flexibility index (Phi) is 4.89. The Morgan fingerprint density at radius 1 is 1.26 bits per heavy atom. The van der Waals surface area contributed by atoms with E-state index in [-0.39, 0.29) is 0 Å². The van der Waals surface area contributed by atoms with Crippen LogP contribution in [0.25, 0.3) is 0 Å². The number of aromatic nitrogens is 2. The van der Waals surface area contributed by atoms with Gasteiger partial charge in [-0.3, -0.25) is 4.68 Å². The fourth-order valence-corrected chi connectivity index (χ4v) is 3.29. The normalized spacial score (nSPS) is 17.3. The fraction of sp³-hybridized carbons (Fsp3) is 0.812. The summed E-state index contributed by atoms with van der Waals surface area (Å²) in [5, 5.41) is 4.64. The molecule has 0 amide bonds. The largest absolute Gasteiger partial charge is 0.384 e. The third kappa shape index (κ3) is 3.74. The van der Waals surface area contributed by atoms with Gasteiger partial charge in [0.25, 0.3) is 0 Å². The Morgan fingerprint density at radius 2 is 1.95 bits per heavy atom. The predicted octanol–water partition coefficient (Wildman–Crippen LogP) is 3.71. The highest BCUT2D eigenvalue weighted by Crippen LogP contribution is 2.29. The lowest BCUT2D eigenvalue weighted by molar-refractivity contribution is 0.338. The Morgan fingerprint density at radius 3 is 2.58 bits per heavy atom. The molecule has 1 heterocycles. The van der Waals surface area contributed by atoms with Crippen molar-refractivity contribution in [2.75, 3.05) is 5.73 Å². The first-order chi connectivity index (χ1) is 9.08. The average molecular weight is 263 g/mol. The number of nitrogens with two attached hydrogens (primary N) is 1. The lowest BCUT2D eigenvalue weighted by Gasteiger charge is -2.21. The molecule has 2 N–H and O–H groups in total. The van der Waals surface area contributed by atoms with Gasteiger partial charge in [0.15, 0.2) is 0 Å². The summed E-state index contributed by atoms with van der Waals surface area (Å²) in [6.45, 7) is 4.49. The molecule has 0 aliphatic heterocycles. The van der Waals surface area contributed by atoms with Gasteiger partial charge in [-0.15, -0.1) is 0 Å². The minimum absolute atomic E-state index is 0.639. The van der Waals surface area contributed by atoms with Crippen molar-refractivity contribution in [1.82, 2.24) is 9.78 Å². The maximum atomic E-state index is 6.16. The number of hydrogen-bond donors (Lipinski definition) is 1. The van der Waals surface area contributed by atoms with Crippen LogP contribution >= 0.6 is 0 Å². The Balaban J connectivity index is 2.00. The topological polar surface area (TPSA) is 43.8 Å². The second kappa shape index (κ2) is 6.44. The molecule has 108 valence electrons. The lowest BCUT2D eigenvalue weighted by Crippen LogP contribution is -2.08. The van der Waals surface area contributed by atoms with Gasteiger partial charge >= 0.3 is 0 Å². The van der Waals surface area contributed by atoms with E-state index >= 15 is 0 Å². The van der Waals surface area contributed by atoms with Crippen LogP contribution in [0.3, 0.4) is 0 Å². The number of nitrogens with zero attached hydrogens (tertiary/aromatic N) is 2. The SMILES string of the molecule is CC(C)Cc1c(CCC2CCCCC2)nn(C)c1N. The molecule has 1 fully saturated rings. The molecule has 1 aromatic rings. The van der Waals surface area contributed by atoms with Crippen LogP contribution in [0, 0.1) is 11.8 Å². The molecule has 0 spiro atoms. The molecule has 1 saturated carbocycles. The van der Waals surface area contributed by atoms with Gasteiger partial charge < -0.3 is 5.73 Å². The lowest BCUT2D eigenvalue weighted by atomic mass is 9.85. The summed E-state index contributed by atoms with van der Waals surface area (Å²) in [6, 6.07) is 0. The summed E-state index contributed by atoms with van der Waals surface area (Å²) in [5.74, 6) is 2.43. The van der Waals surface area contributed by atoms with Crippen LogP contribution in [0.2, 0.25) is 0 Å². The van der Waals surface area contributed by atoms with Crippen LogP contribution in [-0.2, 0) is 19.9 Å². The van der Waals surface area contributed by atoms with Crippen LogP contribution in [-0.4, -0.2) is 9.78 Å². The smallest absolute Gasteiger partial charge is 0.124 e. The molecule has 2 rings (SSSR count). The van der Waals surface area contributed by atoms with Gasteiger partial charge in [-0.25, -0.2) is 0 Å². The van der Waals surface area contributed by atoms with Crippen molar-refractivity contribution in [3.63, 3.8) is 0 Å².